The van der Waals surface area contributed by atoms with Crippen LogP contribution in [0.25, 0.3) is 0 Å². The third-order valence-corrected chi connectivity index (χ3v) is 4.54. The molecule has 7 nitrogen and oxygen atoms in total. The number of sulfonamides is 1. The van der Waals surface area contributed by atoms with Crippen molar-refractivity contribution in [1.82, 2.24) is 19.5 Å². The second-order valence-corrected chi connectivity index (χ2v) is 6.31. The summed E-state index contributed by atoms with van der Waals surface area (Å²) in [5.74, 6) is 0.515. The first-order valence-corrected chi connectivity index (χ1v) is 7.61. The standard InChI is InChI=1S/C11H14ClN5O2S/c1-17-7-14-16-11(17)6-15-20(18,19)9-2-3-10(12)8(4-9)5-13/h2-4,7,15H,5-6,13H2,1H3. The summed E-state index contributed by atoms with van der Waals surface area (Å²) in [6.45, 7) is 0.227. The average molecular weight is 316 g/mol. The Morgan fingerprint density at radius 1 is 1.45 bits per heavy atom. The van der Waals surface area contributed by atoms with Crippen LogP contribution in [-0.4, -0.2) is 23.2 Å². The Bertz CT molecular complexity index is 713. The molecule has 3 N–H and O–H groups in total. The van der Waals surface area contributed by atoms with Crippen molar-refractivity contribution in [1.29, 1.82) is 0 Å². The fourth-order valence-electron chi connectivity index (χ4n) is 1.58. The van der Waals surface area contributed by atoms with Crippen LogP contribution in [0.2, 0.25) is 5.02 Å². The predicted molar refractivity (Wildman–Crippen MR) is 74.4 cm³/mol. The third-order valence-electron chi connectivity index (χ3n) is 2.77. The maximum absolute atomic E-state index is 12.2. The molecule has 0 radical (unpaired) electrons. The summed E-state index contributed by atoms with van der Waals surface area (Å²) in [7, 11) is -1.91. The van der Waals surface area contributed by atoms with Gasteiger partial charge in [0.05, 0.1) is 11.4 Å². The Morgan fingerprint density at radius 3 is 2.80 bits per heavy atom. The molecule has 0 saturated heterocycles. The zero-order valence-corrected chi connectivity index (χ0v) is 12.3. The average Bonchev–Trinajstić information content (AvgIpc) is 2.82. The molecule has 1 aromatic carbocycles. The second kappa shape index (κ2) is 5.88. The first kappa shape index (κ1) is 14.9. The van der Waals surface area contributed by atoms with E-state index in [9.17, 15) is 8.42 Å². The van der Waals surface area contributed by atoms with Crippen LogP contribution in [0.5, 0.6) is 0 Å². The summed E-state index contributed by atoms with van der Waals surface area (Å²) >= 11 is 5.91. The topological polar surface area (TPSA) is 103 Å². The van der Waals surface area contributed by atoms with E-state index in [2.05, 4.69) is 14.9 Å². The summed E-state index contributed by atoms with van der Waals surface area (Å²) < 4.78 is 28.4. The van der Waals surface area contributed by atoms with Crippen LogP contribution in [0, 0.1) is 0 Å². The van der Waals surface area contributed by atoms with Gasteiger partial charge in [0.25, 0.3) is 0 Å². The molecule has 0 bridgehead atoms. The number of benzene rings is 1. The highest BCUT2D eigenvalue weighted by molar-refractivity contribution is 7.89. The fraction of sp³-hybridized carbons (Fsp3) is 0.273. The Hall–Kier alpha value is -1.48. The van der Waals surface area contributed by atoms with E-state index in [0.29, 0.717) is 16.4 Å². The normalized spacial score (nSPS) is 11.8. The van der Waals surface area contributed by atoms with Gasteiger partial charge in [0, 0.05) is 18.6 Å². The largest absolute Gasteiger partial charge is 0.326 e. The molecule has 0 fully saturated rings. The molecule has 0 unspecified atom stereocenters. The third kappa shape index (κ3) is 3.15. The first-order valence-electron chi connectivity index (χ1n) is 5.75. The Morgan fingerprint density at radius 2 is 2.20 bits per heavy atom. The highest BCUT2D eigenvalue weighted by Gasteiger charge is 2.16. The number of hydrogen-bond donors (Lipinski definition) is 2. The Kier molecular flexibility index (Phi) is 4.39. The van der Waals surface area contributed by atoms with Crippen LogP contribution >= 0.6 is 11.6 Å². The molecule has 0 aliphatic heterocycles. The zero-order chi connectivity index (χ0) is 14.8. The molecule has 0 aliphatic rings. The molecule has 0 aliphatic carbocycles. The fourth-order valence-corrected chi connectivity index (χ4v) is 2.81. The van der Waals surface area contributed by atoms with Crippen LogP contribution in [0.15, 0.2) is 29.4 Å². The van der Waals surface area contributed by atoms with Gasteiger partial charge in [-0.25, -0.2) is 13.1 Å². The van der Waals surface area contributed by atoms with E-state index in [1.807, 2.05) is 0 Å². The van der Waals surface area contributed by atoms with Crippen LogP contribution in [-0.2, 0) is 30.2 Å². The molecule has 9 heteroatoms. The van der Waals surface area contributed by atoms with Crippen molar-refractivity contribution in [2.75, 3.05) is 0 Å². The van der Waals surface area contributed by atoms with Gasteiger partial charge in [0.2, 0.25) is 10.0 Å². The quantitative estimate of drug-likeness (QED) is 0.831. The molecule has 2 aromatic rings. The van der Waals surface area contributed by atoms with E-state index in [-0.39, 0.29) is 18.0 Å². The van der Waals surface area contributed by atoms with E-state index in [1.54, 1.807) is 11.6 Å². The first-order chi connectivity index (χ1) is 9.44. The lowest BCUT2D eigenvalue weighted by Crippen LogP contribution is -2.25. The van der Waals surface area contributed by atoms with Gasteiger partial charge >= 0.3 is 0 Å². The maximum atomic E-state index is 12.2. The van der Waals surface area contributed by atoms with Gasteiger partial charge in [-0.3, -0.25) is 0 Å². The van der Waals surface area contributed by atoms with Crippen LogP contribution in [0.3, 0.4) is 0 Å². The van der Waals surface area contributed by atoms with Crippen molar-refractivity contribution in [3.05, 3.63) is 40.9 Å². The lowest BCUT2D eigenvalue weighted by molar-refractivity contribution is 0.577. The van der Waals surface area contributed by atoms with E-state index >= 15 is 0 Å². The van der Waals surface area contributed by atoms with Gasteiger partial charge in [0.1, 0.15) is 12.2 Å². The monoisotopic (exact) mass is 315 g/mol. The number of nitrogens with two attached hydrogens (primary N) is 1. The number of nitrogens with zero attached hydrogens (tertiary/aromatic N) is 3. The van der Waals surface area contributed by atoms with E-state index in [1.165, 1.54) is 24.5 Å². The predicted octanol–water partition coefficient (Wildman–Crippen LogP) is 0.406. The molecular weight excluding hydrogens is 302 g/mol. The number of aromatic nitrogens is 3. The molecule has 0 saturated carbocycles. The number of nitrogens with one attached hydrogen (secondary N) is 1. The van der Waals surface area contributed by atoms with Gasteiger partial charge in [-0.05, 0) is 23.8 Å². The highest BCUT2D eigenvalue weighted by Crippen LogP contribution is 2.20. The van der Waals surface area contributed by atoms with E-state index < -0.39 is 10.0 Å². The van der Waals surface area contributed by atoms with Gasteiger partial charge in [0.15, 0.2) is 0 Å². The number of aryl methyl sites for hydroxylation is 1. The molecule has 0 spiro atoms. The molecule has 0 atom stereocenters. The van der Waals surface area contributed by atoms with Crippen molar-refractivity contribution in [3.63, 3.8) is 0 Å². The minimum atomic E-state index is -3.65. The summed E-state index contributed by atoms with van der Waals surface area (Å²) in [6.07, 6.45) is 1.50. The number of halogens is 1. The highest BCUT2D eigenvalue weighted by atomic mass is 35.5. The van der Waals surface area contributed by atoms with E-state index in [4.69, 9.17) is 17.3 Å². The van der Waals surface area contributed by atoms with Crippen molar-refractivity contribution in [3.8, 4) is 0 Å². The summed E-state index contributed by atoms with van der Waals surface area (Å²) in [4.78, 5) is 0.115. The lowest BCUT2D eigenvalue weighted by atomic mass is 10.2. The Labute approximate surface area is 121 Å². The van der Waals surface area contributed by atoms with Crippen LogP contribution in [0.1, 0.15) is 11.4 Å². The lowest BCUT2D eigenvalue weighted by Gasteiger charge is -2.08. The summed E-state index contributed by atoms with van der Waals surface area (Å²) in [5, 5.41) is 7.93. The number of hydrogen-bond acceptors (Lipinski definition) is 5. The molecule has 2 rings (SSSR count). The van der Waals surface area contributed by atoms with Gasteiger partial charge in [-0.2, -0.15) is 0 Å². The molecule has 20 heavy (non-hydrogen) atoms. The molecule has 1 heterocycles. The van der Waals surface area contributed by atoms with Crippen molar-refractivity contribution in [2.24, 2.45) is 12.8 Å². The molecular formula is C11H14ClN5O2S. The minimum Gasteiger partial charge on any atom is -0.326 e. The molecule has 1 aromatic heterocycles. The van der Waals surface area contributed by atoms with Gasteiger partial charge in [-0.15, -0.1) is 10.2 Å². The molecule has 0 amide bonds. The summed E-state index contributed by atoms with van der Waals surface area (Å²) in [5.41, 5.74) is 6.09. The zero-order valence-electron chi connectivity index (χ0n) is 10.7. The SMILES string of the molecule is Cn1cnnc1CNS(=O)(=O)c1ccc(Cl)c(CN)c1. The smallest absolute Gasteiger partial charge is 0.240 e. The maximum Gasteiger partial charge on any atom is 0.240 e. The minimum absolute atomic E-state index is 0.0550. The molecule has 108 valence electrons. The Balaban J connectivity index is 2.20. The second-order valence-electron chi connectivity index (χ2n) is 4.14. The van der Waals surface area contributed by atoms with Crippen molar-refractivity contribution < 1.29 is 8.42 Å². The number of rotatable bonds is 5. The van der Waals surface area contributed by atoms with Crippen molar-refractivity contribution in [2.45, 2.75) is 18.0 Å². The van der Waals surface area contributed by atoms with Gasteiger partial charge in [-0.1, -0.05) is 11.6 Å². The van der Waals surface area contributed by atoms with Crippen molar-refractivity contribution >= 4 is 21.6 Å². The van der Waals surface area contributed by atoms with Crippen LogP contribution < -0.4 is 10.5 Å². The van der Waals surface area contributed by atoms with Gasteiger partial charge < -0.3 is 10.3 Å². The summed E-state index contributed by atoms with van der Waals surface area (Å²) in [6, 6.07) is 4.41. The van der Waals surface area contributed by atoms with E-state index in [0.717, 1.165) is 0 Å². The van der Waals surface area contributed by atoms with Crippen LogP contribution in [0.4, 0.5) is 0 Å².